The van der Waals surface area contributed by atoms with Gasteiger partial charge >= 0.3 is 0 Å². The van der Waals surface area contributed by atoms with Crippen LogP contribution >= 0.6 is 0 Å². The number of hydrogen-bond donors (Lipinski definition) is 2. The Morgan fingerprint density at radius 2 is 1.78 bits per heavy atom. The molecule has 1 fully saturated rings. The van der Waals surface area contributed by atoms with Crippen molar-refractivity contribution >= 4 is 17.4 Å². The molecule has 2 aliphatic heterocycles. The summed E-state index contributed by atoms with van der Waals surface area (Å²) >= 11 is 0. The Labute approximate surface area is 215 Å². The minimum atomic E-state index is -0.326. The molecule has 7 nitrogen and oxygen atoms in total. The normalized spacial score (nSPS) is 23.0. The van der Waals surface area contributed by atoms with Crippen molar-refractivity contribution in [2.45, 2.75) is 69.6 Å². The number of nitrogens with one attached hydrogen (secondary N) is 1. The van der Waals surface area contributed by atoms with Crippen molar-refractivity contribution in [1.82, 2.24) is 4.90 Å². The number of methoxy groups -OCH3 is 2. The molecule has 0 radical (unpaired) electrons. The summed E-state index contributed by atoms with van der Waals surface area (Å²) in [5, 5.41) is 7.89. The lowest BCUT2D eigenvalue weighted by Gasteiger charge is -2.46. The van der Waals surface area contributed by atoms with E-state index in [-0.39, 0.29) is 35.9 Å². The highest BCUT2D eigenvalue weighted by molar-refractivity contribution is 6.02. The maximum Gasteiger partial charge on any atom is 0.236 e. The third kappa shape index (κ3) is 5.33. The molecular weight excluding hydrogens is 452 g/mol. The summed E-state index contributed by atoms with van der Waals surface area (Å²) in [6, 6.07) is 16.4. The third-order valence-electron chi connectivity index (χ3n) is 7.66. The fourth-order valence-corrected chi connectivity index (χ4v) is 5.99. The van der Waals surface area contributed by atoms with Gasteiger partial charge in [0.15, 0.2) is 0 Å². The van der Waals surface area contributed by atoms with Gasteiger partial charge in [-0.2, -0.15) is 0 Å². The topological polar surface area (TPSA) is 91.9 Å². The van der Waals surface area contributed by atoms with Crippen LogP contribution in [0.3, 0.4) is 0 Å². The van der Waals surface area contributed by atoms with Crippen LogP contribution in [-0.4, -0.2) is 62.3 Å². The van der Waals surface area contributed by atoms with Gasteiger partial charge in [0.1, 0.15) is 5.84 Å². The maximum absolute atomic E-state index is 14.4. The predicted molar refractivity (Wildman–Crippen MR) is 144 cm³/mol. The second-order valence-corrected chi connectivity index (χ2v) is 10.00. The highest BCUT2D eigenvalue weighted by Crippen LogP contribution is 2.40. The first-order valence-electron chi connectivity index (χ1n) is 13.1. The average molecular weight is 493 g/mol. The number of anilines is 1. The lowest BCUT2D eigenvalue weighted by atomic mass is 9.85. The number of unbranched alkanes of at least 4 members (excludes halogenated alkanes) is 1. The molecule has 0 aromatic heterocycles. The van der Waals surface area contributed by atoms with E-state index in [4.69, 9.17) is 20.6 Å². The van der Waals surface area contributed by atoms with Gasteiger partial charge in [-0.15, -0.1) is 0 Å². The number of likely N-dealkylation sites (tertiary alicyclic amines) is 1. The van der Waals surface area contributed by atoms with Crippen LogP contribution in [0.15, 0.2) is 48.5 Å². The van der Waals surface area contributed by atoms with E-state index >= 15 is 0 Å². The monoisotopic (exact) mass is 492 g/mol. The van der Waals surface area contributed by atoms with Gasteiger partial charge in [-0.05, 0) is 48.9 Å². The van der Waals surface area contributed by atoms with Crippen LogP contribution in [0, 0.1) is 5.41 Å². The van der Waals surface area contributed by atoms with E-state index in [1.165, 1.54) is 5.56 Å². The van der Waals surface area contributed by atoms with E-state index in [2.05, 4.69) is 28.9 Å². The second kappa shape index (κ2) is 12.0. The molecule has 4 unspecified atom stereocenters. The van der Waals surface area contributed by atoms with Crippen molar-refractivity contribution in [2.24, 2.45) is 5.73 Å². The highest BCUT2D eigenvalue weighted by Gasteiger charge is 2.45. The largest absolute Gasteiger partial charge is 0.384 e. The number of amides is 1. The Bertz CT molecular complexity index is 1040. The van der Waals surface area contributed by atoms with Gasteiger partial charge in [-0.1, -0.05) is 56.2 Å². The molecule has 1 saturated heterocycles. The van der Waals surface area contributed by atoms with E-state index in [1.807, 2.05) is 36.4 Å². The van der Waals surface area contributed by atoms with Crippen LogP contribution in [0.4, 0.5) is 5.69 Å². The zero-order chi connectivity index (χ0) is 25.7. The van der Waals surface area contributed by atoms with Gasteiger partial charge < -0.3 is 15.2 Å². The number of amidine groups is 1. The quantitative estimate of drug-likeness (QED) is 0.361. The molecule has 4 rings (SSSR count). The molecule has 0 saturated carbocycles. The zero-order valence-electron chi connectivity index (χ0n) is 21.8. The molecular formula is C29H40N4O3. The lowest BCUT2D eigenvalue weighted by Crippen LogP contribution is -2.59. The minimum absolute atomic E-state index is 0.0140. The number of hydrogen-bond acceptors (Lipinski definition) is 5. The molecule has 4 atom stereocenters. The highest BCUT2D eigenvalue weighted by atomic mass is 16.5. The molecule has 2 aromatic rings. The number of carbonyl (C=O) groups excluding carboxylic acids is 1. The number of para-hydroxylation sites is 1. The first-order valence-corrected chi connectivity index (χ1v) is 13.1. The summed E-state index contributed by atoms with van der Waals surface area (Å²) in [6.45, 7) is 3.47. The summed E-state index contributed by atoms with van der Waals surface area (Å²) in [6.07, 6.45) is 5.57. The molecule has 7 heteroatoms. The first kappa shape index (κ1) is 26.3. The standard InChI is InChI=1S/C29H40N4O3/c1-4-5-13-27(32-23(18-35-2)14-15-24(32)19-36-3)33-26-12-7-6-9-21(26)17-25(29(33)34)20-10-8-11-22(16-20)28(30)31/h6-12,16,23-25,27H,4-5,13-15,17-19H2,1-3H3,(H3,30,31). The summed E-state index contributed by atoms with van der Waals surface area (Å²) in [5.41, 5.74) is 9.51. The van der Waals surface area contributed by atoms with Gasteiger partial charge in [-0.25, -0.2) is 0 Å². The first-order chi connectivity index (χ1) is 17.5. The Morgan fingerprint density at radius 1 is 1.08 bits per heavy atom. The van der Waals surface area contributed by atoms with Gasteiger partial charge in [0.25, 0.3) is 0 Å². The number of fused-ring (bicyclic) bond motifs is 1. The van der Waals surface area contributed by atoms with E-state index in [9.17, 15) is 4.79 Å². The summed E-state index contributed by atoms with van der Waals surface area (Å²) in [7, 11) is 3.50. The van der Waals surface area contributed by atoms with Crippen molar-refractivity contribution in [3.63, 3.8) is 0 Å². The Morgan fingerprint density at radius 3 is 2.42 bits per heavy atom. The number of carbonyl (C=O) groups is 1. The molecule has 0 spiro atoms. The number of nitrogens with zero attached hydrogens (tertiary/aromatic N) is 2. The summed E-state index contributed by atoms with van der Waals surface area (Å²) in [5.74, 6) is -0.206. The molecule has 2 aliphatic rings. The second-order valence-electron chi connectivity index (χ2n) is 10.00. The Hall–Kier alpha value is -2.74. The molecule has 1 amide bonds. The van der Waals surface area contributed by atoms with Crippen LogP contribution in [-0.2, 0) is 20.7 Å². The summed E-state index contributed by atoms with van der Waals surface area (Å²) in [4.78, 5) is 19.0. The third-order valence-corrected chi connectivity index (χ3v) is 7.66. The smallest absolute Gasteiger partial charge is 0.236 e. The van der Waals surface area contributed by atoms with E-state index in [0.717, 1.165) is 43.4 Å². The fraction of sp³-hybridized carbons (Fsp3) is 0.517. The van der Waals surface area contributed by atoms with E-state index < -0.39 is 0 Å². The van der Waals surface area contributed by atoms with E-state index in [0.29, 0.717) is 25.2 Å². The molecule has 2 aromatic carbocycles. The SMILES string of the molecule is CCCCC(N1C(=O)C(c2cccc(C(=N)N)c2)Cc2ccccc21)N1C(COC)CCC1COC. The molecule has 36 heavy (non-hydrogen) atoms. The number of nitrogen functional groups attached to an aromatic ring is 1. The molecule has 0 bridgehead atoms. The van der Waals surface area contributed by atoms with Crippen LogP contribution in [0.25, 0.3) is 0 Å². The molecule has 2 heterocycles. The fourth-order valence-electron chi connectivity index (χ4n) is 5.99. The molecule has 3 N–H and O–H groups in total. The van der Waals surface area contributed by atoms with Gasteiger partial charge in [-0.3, -0.25) is 20.0 Å². The Balaban J connectivity index is 1.80. The van der Waals surface area contributed by atoms with E-state index in [1.54, 1.807) is 14.2 Å². The van der Waals surface area contributed by atoms with Crippen molar-refractivity contribution in [1.29, 1.82) is 5.41 Å². The predicted octanol–water partition coefficient (Wildman–Crippen LogP) is 4.29. The van der Waals surface area contributed by atoms with Crippen LogP contribution in [0.1, 0.15) is 61.6 Å². The Kier molecular flexibility index (Phi) is 8.77. The molecule has 0 aliphatic carbocycles. The van der Waals surface area contributed by atoms with Gasteiger partial charge in [0.2, 0.25) is 5.91 Å². The maximum atomic E-state index is 14.4. The van der Waals surface area contributed by atoms with Crippen LogP contribution < -0.4 is 10.6 Å². The number of benzene rings is 2. The number of nitrogens with two attached hydrogens (primary N) is 1. The minimum Gasteiger partial charge on any atom is -0.384 e. The van der Waals surface area contributed by atoms with Crippen molar-refractivity contribution in [2.75, 3.05) is 32.3 Å². The van der Waals surface area contributed by atoms with Gasteiger partial charge in [0, 0.05) is 37.6 Å². The van der Waals surface area contributed by atoms with Crippen LogP contribution in [0.5, 0.6) is 0 Å². The number of rotatable bonds is 11. The van der Waals surface area contributed by atoms with Crippen molar-refractivity contribution in [3.05, 3.63) is 65.2 Å². The number of ether oxygens (including phenoxy) is 2. The van der Waals surface area contributed by atoms with Gasteiger partial charge in [0.05, 0.1) is 25.3 Å². The molecule has 194 valence electrons. The van der Waals surface area contributed by atoms with Crippen molar-refractivity contribution < 1.29 is 14.3 Å². The summed E-state index contributed by atoms with van der Waals surface area (Å²) < 4.78 is 11.3. The van der Waals surface area contributed by atoms with Crippen molar-refractivity contribution in [3.8, 4) is 0 Å². The van der Waals surface area contributed by atoms with Crippen LogP contribution in [0.2, 0.25) is 0 Å². The zero-order valence-corrected chi connectivity index (χ0v) is 21.8. The average Bonchev–Trinajstić information content (AvgIpc) is 3.27. The lowest BCUT2D eigenvalue weighted by molar-refractivity contribution is -0.122.